The van der Waals surface area contributed by atoms with E-state index in [1.54, 1.807) is 18.2 Å². The van der Waals surface area contributed by atoms with Crippen LogP contribution in [-0.4, -0.2) is 5.78 Å². The summed E-state index contributed by atoms with van der Waals surface area (Å²) < 4.78 is 0. The molecule has 0 spiro atoms. The van der Waals surface area contributed by atoms with Crippen molar-refractivity contribution in [3.8, 4) is 0 Å². The molecule has 0 saturated heterocycles. The summed E-state index contributed by atoms with van der Waals surface area (Å²) in [5, 5.41) is 0.340. The van der Waals surface area contributed by atoms with Gasteiger partial charge in [0.1, 0.15) is 0 Å². The predicted octanol–water partition coefficient (Wildman–Crippen LogP) is 1.64. The zero-order valence-electron chi connectivity index (χ0n) is 4.23. The van der Waals surface area contributed by atoms with Gasteiger partial charge in [-0.05, 0) is 6.08 Å². The molecule has 0 fully saturated rings. The topological polar surface area (TPSA) is 17.1 Å². The molecule has 0 aliphatic heterocycles. The first-order chi connectivity index (χ1) is 3.80. The largest absolute Gasteiger partial charge is 0.293 e. The van der Waals surface area contributed by atoms with Crippen LogP contribution in [0.3, 0.4) is 0 Å². The zero-order chi connectivity index (χ0) is 5.98. The third kappa shape index (κ3) is 0.984. The van der Waals surface area contributed by atoms with Crippen LogP contribution in [0.15, 0.2) is 23.3 Å². The van der Waals surface area contributed by atoms with Crippen molar-refractivity contribution in [3.05, 3.63) is 23.3 Å². The fourth-order valence-corrected chi connectivity index (χ4v) is 0.668. The summed E-state index contributed by atoms with van der Waals surface area (Å²) in [6, 6.07) is 0. The Bertz CT molecular complexity index is 167. The Labute approximate surface area is 52.6 Å². The summed E-state index contributed by atoms with van der Waals surface area (Å²) in [5.74, 6) is 0.00849. The van der Waals surface area contributed by atoms with Crippen LogP contribution < -0.4 is 0 Å². The van der Waals surface area contributed by atoms with Crippen molar-refractivity contribution in [2.24, 2.45) is 0 Å². The smallest absolute Gasteiger partial charge is 0.177 e. The van der Waals surface area contributed by atoms with E-state index in [4.69, 9.17) is 11.6 Å². The third-order valence-corrected chi connectivity index (χ3v) is 1.29. The maximum absolute atomic E-state index is 10.5. The summed E-state index contributed by atoms with van der Waals surface area (Å²) >= 11 is 5.43. The van der Waals surface area contributed by atoms with Gasteiger partial charge in [-0.25, -0.2) is 0 Å². The molecule has 0 bridgehead atoms. The lowest BCUT2D eigenvalue weighted by Gasteiger charge is -1.96. The highest BCUT2D eigenvalue weighted by Crippen LogP contribution is 2.10. The first kappa shape index (κ1) is 5.57. The molecule has 0 aromatic rings. The fourth-order valence-electron chi connectivity index (χ4n) is 0.518. The Morgan fingerprint density at radius 3 is 2.75 bits per heavy atom. The van der Waals surface area contributed by atoms with Crippen LogP contribution in [0.4, 0.5) is 0 Å². The Balaban J connectivity index is 2.80. The Hall–Kier alpha value is -0.560. The molecule has 42 valence electrons. The van der Waals surface area contributed by atoms with Gasteiger partial charge in [0.05, 0.1) is 5.03 Å². The number of carbonyl (C=O) groups excluding carboxylic acids is 1. The second-order valence-electron chi connectivity index (χ2n) is 1.57. The van der Waals surface area contributed by atoms with Crippen LogP contribution >= 0.6 is 11.6 Å². The highest BCUT2D eigenvalue weighted by Gasteiger charge is 2.04. The highest BCUT2D eigenvalue weighted by molar-refractivity contribution is 6.42. The maximum Gasteiger partial charge on any atom is 0.177 e. The van der Waals surface area contributed by atoms with E-state index in [1.807, 2.05) is 0 Å². The number of hydrogen-bond acceptors (Lipinski definition) is 1. The normalized spacial score (nSPS) is 18.6. The average molecular weight is 129 g/mol. The first-order valence-corrected chi connectivity index (χ1v) is 2.74. The molecule has 0 radical (unpaired) electrons. The number of carbonyl (C=O) groups is 1. The maximum atomic E-state index is 10.5. The molecular weight excluding hydrogens is 124 g/mol. The molecule has 0 aromatic heterocycles. The number of ketones is 1. The summed E-state index contributed by atoms with van der Waals surface area (Å²) in [6.45, 7) is 0. The predicted molar refractivity (Wildman–Crippen MR) is 32.7 cm³/mol. The van der Waals surface area contributed by atoms with Gasteiger partial charge in [-0.1, -0.05) is 23.8 Å². The van der Waals surface area contributed by atoms with Crippen molar-refractivity contribution in [2.45, 2.75) is 6.42 Å². The minimum atomic E-state index is 0.00849. The number of Topliss-reactive ketones (excluding diaryl/α,β-unsaturated/α-hetero) is 1. The number of rotatable bonds is 0. The highest BCUT2D eigenvalue weighted by atomic mass is 35.5. The van der Waals surface area contributed by atoms with E-state index in [9.17, 15) is 4.79 Å². The molecule has 2 heteroatoms. The van der Waals surface area contributed by atoms with Gasteiger partial charge < -0.3 is 0 Å². The lowest BCUT2D eigenvalue weighted by Crippen LogP contribution is -1.97. The van der Waals surface area contributed by atoms with Gasteiger partial charge in [0.2, 0.25) is 0 Å². The molecular formula is C6H5ClO. The SMILES string of the molecule is O=C1CC=CC=C1Cl. The molecule has 8 heavy (non-hydrogen) atoms. The minimum Gasteiger partial charge on any atom is -0.293 e. The van der Waals surface area contributed by atoms with Crippen molar-refractivity contribution in [3.63, 3.8) is 0 Å². The fraction of sp³-hybridized carbons (Fsp3) is 0.167. The molecule has 1 aliphatic rings. The van der Waals surface area contributed by atoms with Gasteiger partial charge >= 0.3 is 0 Å². The van der Waals surface area contributed by atoms with Crippen LogP contribution in [0, 0.1) is 0 Å². The van der Waals surface area contributed by atoms with E-state index in [0.29, 0.717) is 11.5 Å². The molecule has 0 unspecified atom stereocenters. The first-order valence-electron chi connectivity index (χ1n) is 2.36. The molecule has 0 saturated carbocycles. The lowest BCUT2D eigenvalue weighted by molar-refractivity contribution is -0.114. The molecule has 0 aromatic carbocycles. The molecule has 0 amide bonds. The minimum absolute atomic E-state index is 0.00849. The Morgan fingerprint density at radius 2 is 2.38 bits per heavy atom. The van der Waals surface area contributed by atoms with Gasteiger partial charge in [-0.3, -0.25) is 4.79 Å². The monoisotopic (exact) mass is 128 g/mol. The van der Waals surface area contributed by atoms with Crippen LogP contribution in [0.1, 0.15) is 6.42 Å². The van der Waals surface area contributed by atoms with Crippen LogP contribution in [-0.2, 0) is 4.79 Å². The second-order valence-corrected chi connectivity index (χ2v) is 1.98. The molecule has 1 rings (SSSR count). The standard InChI is InChI=1S/C6H5ClO/c7-5-3-1-2-4-6(5)8/h1-3H,4H2. The van der Waals surface area contributed by atoms with E-state index < -0.39 is 0 Å². The van der Waals surface area contributed by atoms with Gasteiger partial charge in [-0.2, -0.15) is 0 Å². The number of allylic oxidation sites excluding steroid dienone is 4. The van der Waals surface area contributed by atoms with Gasteiger partial charge in [-0.15, -0.1) is 0 Å². The lowest BCUT2D eigenvalue weighted by atomic mass is 10.2. The molecule has 0 N–H and O–H groups in total. The Kier molecular flexibility index (Phi) is 1.49. The van der Waals surface area contributed by atoms with Crippen LogP contribution in [0.2, 0.25) is 0 Å². The molecule has 0 heterocycles. The van der Waals surface area contributed by atoms with E-state index in [0.717, 1.165) is 0 Å². The summed E-state index contributed by atoms with van der Waals surface area (Å²) in [6.07, 6.45) is 5.63. The van der Waals surface area contributed by atoms with Crippen molar-refractivity contribution in [1.29, 1.82) is 0 Å². The molecule has 1 aliphatic carbocycles. The van der Waals surface area contributed by atoms with Gasteiger partial charge in [0.25, 0.3) is 0 Å². The molecule has 0 atom stereocenters. The van der Waals surface area contributed by atoms with E-state index in [1.165, 1.54) is 0 Å². The summed E-state index contributed by atoms with van der Waals surface area (Å²) in [7, 11) is 0. The van der Waals surface area contributed by atoms with Gasteiger partial charge in [0.15, 0.2) is 5.78 Å². The third-order valence-electron chi connectivity index (χ3n) is 0.948. The second kappa shape index (κ2) is 2.14. The van der Waals surface area contributed by atoms with E-state index in [2.05, 4.69) is 0 Å². The molecule has 1 nitrogen and oxygen atoms in total. The van der Waals surface area contributed by atoms with Crippen molar-refractivity contribution < 1.29 is 4.79 Å². The number of hydrogen-bond donors (Lipinski definition) is 0. The van der Waals surface area contributed by atoms with Crippen molar-refractivity contribution in [2.75, 3.05) is 0 Å². The van der Waals surface area contributed by atoms with E-state index in [-0.39, 0.29) is 5.78 Å². The van der Waals surface area contributed by atoms with Crippen LogP contribution in [0.25, 0.3) is 0 Å². The zero-order valence-corrected chi connectivity index (χ0v) is 4.98. The average Bonchev–Trinajstić information content (AvgIpc) is 1.77. The Morgan fingerprint density at radius 1 is 1.62 bits per heavy atom. The summed E-state index contributed by atoms with van der Waals surface area (Å²) in [4.78, 5) is 10.5. The van der Waals surface area contributed by atoms with Crippen molar-refractivity contribution >= 4 is 17.4 Å². The van der Waals surface area contributed by atoms with E-state index >= 15 is 0 Å². The van der Waals surface area contributed by atoms with Crippen LogP contribution in [0.5, 0.6) is 0 Å². The number of halogens is 1. The summed E-state index contributed by atoms with van der Waals surface area (Å²) in [5.41, 5.74) is 0. The van der Waals surface area contributed by atoms with Gasteiger partial charge in [0, 0.05) is 6.42 Å². The van der Waals surface area contributed by atoms with Crippen molar-refractivity contribution in [1.82, 2.24) is 0 Å². The quantitative estimate of drug-likeness (QED) is 0.485.